The maximum absolute atomic E-state index is 12.2. The molecule has 2 aliphatic heterocycles. The number of nitriles is 1. The minimum atomic E-state index is 0.0930. The van der Waals surface area contributed by atoms with Crippen LogP contribution in [-0.2, 0) is 0 Å². The molecule has 0 radical (unpaired) electrons. The number of hydrogen-bond acceptors (Lipinski definition) is 7. The van der Waals surface area contributed by atoms with Crippen molar-refractivity contribution >= 4 is 29.2 Å². The van der Waals surface area contributed by atoms with Gasteiger partial charge >= 0.3 is 6.03 Å². The van der Waals surface area contributed by atoms with Gasteiger partial charge in [-0.3, -0.25) is 0 Å². The van der Waals surface area contributed by atoms with E-state index in [4.69, 9.17) is 10.4 Å². The highest BCUT2D eigenvalue weighted by molar-refractivity contribution is 6.08. The first-order valence-corrected chi connectivity index (χ1v) is 12.4. The van der Waals surface area contributed by atoms with Crippen LogP contribution in [0.3, 0.4) is 0 Å². The summed E-state index contributed by atoms with van der Waals surface area (Å²) < 4.78 is 1.69. The van der Waals surface area contributed by atoms with Crippen LogP contribution in [0.2, 0.25) is 0 Å². The molecule has 5 rings (SSSR count). The van der Waals surface area contributed by atoms with Crippen molar-refractivity contribution in [2.24, 2.45) is 5.41 Å². The molecule has 0 aromatic carbocycles. The van der Waals surface area contributed by atoms with Crippen LogP contribution >= 0.6 is 0 Å². The van der Waals surface area contributed by atoms with Gasteiger partial charge < -0.3 is 25.4 Å². The number of pyridine rings is 2. The van der Waals surface area contributed by atoms with Gasteiger partial charge in [0.25, 0.3) is 0 Å². The first-order chi connectivity index (χ1) is 17.9. The zero-order chi connectivity index (χ0) is 26.2. The van der Waals surface area contributed by atoms with Crippen LogP contribution in [0.5, 0.6) is 0 Å². The number of rotatable bonds is 5. The van der Waals surface area contributed by atoms with E-state index in [0.717, 1.165) is 67.0 Å². The van der Waals surface area contributed by atoms with Gasteiger partial charge in [-0.2, -0.15) is 10.4 Å². The Balaban J connectivity index is 1.37. The zero-order valence-electron chi connectivity index (χ0n) is 21.4. The molecule has 2 amide bonds. The Kier molecular flexibility index (Phi) is 6.29. The maximum Gasteiger partial charge on any atom is 0.319 e. The summed E-state index contributed by atoms with van der Waals surface area (Å²) in [7, 11) is 5.39. The molecule has 2 aliphatic rings. The number of fused-ring (bicyclic) bond motifs is 1. The molecule has 5 heterocycles. The normalized spacial score (nSPS) is 16.9. The Bertz CT molecular complexity index is 1400. The lowest BCUT2D eigenvalue weighted by Gasteiger charge is -2.54. The van der Waals surface area contributed by atoms with E-state index in [0.29, 0.717) is 11.1 Å². The van der Waals surface area contributed by atoms with E-state index in [2.05, 4.69) is 21.4 Å². The predicted molar refractivity (Wildman–Crippen MR) is 143 cm³/mol. The van der Waals surface area contributed by atoms with Gasteiger partial charge in [0.15, 0.2) is 0 Å². The van der Waals surface area contributed by atoms with Crippen molar-refractivity contribution in [2.45, 2.75) is 12.8 Å². The van der Waals surface area contributed by atoms with Crippen LogP contribution in [0, 0.1) is 22.2 Å². The molecule has 190 valence electrons. The highest BCUT2D eigenvalue weighted by Crippen LogP contribution is 2.41. The summed E-state index contributed by atoms with van der Waals surface area (Å²) in [4.78, 5) is 22.9. The lowest BCUT2D eigenvalue weighted by molar-refractivity contribution is 0.00306. The molecule has 2 fully saturated rings. The average Bonchev–Trinajstić information content (AvgIpc) is 3.33. The Morgan fingerprint density at radius 3 is 2.59 bits per heavy atom. The van der Waals surface area contributed by atoms with Crippen molar-refractivity contribution in [1.29, 1.82) is 10.7 Å². The Morgan fingerprint density at radius 2 is 2.00 bits per heavy atom. The second-order valence-corrected chi connectivity index (χ2v) is 10.1. The number of piperidine rings is 1. The number of nitrogens with zero attached hydrogens (tertiary/aromatic N) is 7. The number of amides is 2. The van der Waals surface area contributed by atoms with Gasteiger partial charge in [-0.05, 0) is 31.0 Å². The van der Waals surface area contributed by atoms with Crippen LogP contribution in [0.1, 0.15) is 24.0 Å². The molecule has 0 unspecified atom stereocenters. The third-order valence-electron chi connectivity index (χ3n) is 7.43. The van der Waals surface area contributed by atoms with Crippen molar-refractivity contribution < 1.29 is 4.79 Å². The van der Waals surface area contributed by atoms with Crippen LogP contribution < -0.4 is 10.2 Å². The van der Waals surface area contributed by atoms with Crippen LogP contribution in [0.15, 0.2) is 43.0 Å². The van der Waals surface area contributed by atoms with Crippen molar-refractivity contribution in [3.05, 3.63) is 54.1 Å². The number of urea groups is 1. The van der Waals surface area contributed by atoms with E-state index in [1.165, 1.54) is 6.21 Å². The maximum atomic E-state index is 12.2. The topological polar surface area (TPSA) is 117 Å². The molecule has 0 aliphatic carbocycles. The predicted octanol–water partition coefficient (Wildman–Crippen LogP) is 3.06. The quantitative estimate of drug-likeness (QED) is 0.524. The van der Waals surface area contributed by atoms with Gasteiger partial charge in [-0.15, -0.1) is 0 Å². The highest BCUT2D eigenvalue weighted by atomic mass is 16.2. The second-order valence-electron chi connectivity index (χ2n) is 10.1. The lowest BCUT2D eigenvalue weighted by atomic mass is 9.72. The number of hydrogen-bond donors (Lipinski definition) is 2. The number of allylic oxidation sites excluding steroid dienone is 1. The molecular weight excluding hydrogens is 466 g/mol. The standard InChI is InChI=1S/C27H31N9O/c1-30-13-21(11-28)20-10-23(25-22(12-29)15-32-36(25)16-20)19-4-5-24(31-14-19)34-8-6-27(7-9-34)17-35(18-27)26(37)33(2)3/h4-5,10-11,13-16,28,30H,6-9,17-18H2,1-3H3/b21-13+,28-11?. The zero-order valence-corrected chi connectivity index (χ0v) is 21.4. The van der Waals surface area contributed by atoms with E-state index in [9.17, 15) is 10.1 Å². The van der Waals surface area contributed by atoms with E-state index < -0.39 is 0 Å². The monoisotopic (exact) mass is 497 g/mol. The molecule has 3 aromatic rings. The molecule has 2 saturated heterocycles. The van der Waals surface area contributed by atoms with Crippen LogP contribution in [0.4, 0.5) is 10.6 Å². The molecular formula is C27H31N9O. The third-order valence-corrected chi connectivity index (χ3v) is 7.43. The summed E-state index contributed by atoms with van der Waals surface area (Å²) in [5.74, 6) is 0.926. The smallest absolute Gasteiger partial charge is 0.319 e. The average molecular weight is 498 g/mol. The van der Waals surface area contributed by atoms with Crippen LogP contribution in [-0.4, -0.2) is 84.0 Å². The minimum Gasteiger partial charge on any atom is -0.393 e. The second kappa shape index (κ2) is 9.58. The van der Waals surface area contributed by atoms with Crippen molar-refractivity contribution in [3.8, 4) is 17.2 Å². The molecule has 10 nitrogen and oxygen atoms in total. The summed E-state index contributed by atoms with van der Waals surface area (Å²) in [5, 5.41) is 24.8. The number of carbonyl (C=O) groups is 1. The summed E-state index contributed by atoms with van der Waals surface area (Å²) in [5.41, 5.74) is 4.68. The van der Waals surface area contributed by atoms with Crippen LogP contribution in [0.25, 0.3) is 22.2 Å². The largest absolute Gasteiger partial charge is 0.393 e. The molecule has 10 heteroatoms. The summed E-state index contributed by atoms with van der Waals surface area (Å²) in [6, 6.07) is 8.37. The van der Waals surface area contributed by atoms with E-state index in [1.54, 1.807) is 43.0 Å². The summed E-state index contributed by atoms with van der Waals surface area (Å²) >= 11 is 0. The highest BCUT2D eigenvalue weighted by Gasteiger charge is 2.47. The van der Waals surface area contributed by atoms with Gasteiger partial charge in [0, 0.05) is 99.8 Å². The van der Waals surface area contributed by atoms with E-state index in [-0.39, 0.29) is 11.4 Å². The molecule has 0 atom stereocenters. The number of nitrogens with one attached hydrogen (secondary N) is 2. The fourth-order valence-electron chi connectivity index (χ4n) is 5.39. The van der Waals surface area contributed by atoms with Gasteiger partial charge in [0.1, 0.15) is 11.9 Å². The van der Waals surface area contributed by atoms with Crippen molar-refractivity contribution in [1.82, 2.24) is 29.7 Å². The van der Waals surface area contributed by atoms with Crippen molar-refractivity contribution in [3.63, 3.8) is 0 Å². The molecule has 37 heavy (non-hydrogen) atoms. The Morgan fingerprint density at radius 1 is 1.24 bits per heavy atom. The Hall–Kier alpha value is -4.39. The third kappa shape index (κ3) is 4.37. The van der Waals surface area contributed by atoms with E-state index >= 15 is 0 Å². The fourth-order valence-corrected chi connectivity index (χ4v) is 5.39. The summed E-state index contributed by atoms with van der Waals surface area (Å²) in [6.07, 6.45) is 10.4. The number of likely N-dealkylation sites (tertiary alicyclic amines) is 1. The number of carbonyl (C=O) groups excluding carboxylic acids is 1. The molecule has 0 saturated carbocycles. The fraction of sp³-hybridized carbons (Fsp3) is 0.370. The first kappa shape index (κ1) is 24.3. The minimum absolute atomic E-state index is 0.0930. The van der Waals surface area contributed by atoms with Gasteiger partial charge in [-0.1, -0.05) is 0 Å². The van der Waals surface area contributed by atoms with Gasteiger partial charge in [-0.25, -0.2) is 14.3 Å². The molecule has 3 aromatic heterocycles. The first-order valence-electron chi connectivity index (χ1n) is 12.4. The van der Waals surface area contributed by atoms with Crippen molar-refractivity contribution in [2.75, 3.05) is 52.2 Å². The SMILES string of the molecule is CN/C=C(\C=N)c1cc(-c2ccc(N3CCC4(CC3)CN(C(=O)N(C)C)C4)nc2)c2c(C#N)cnn2c1. The molecule has 1 spiro atoms. The lowest BCUT2D eigenvalue weighted by Crippen LogP contribution is -2.63. The van der Waals surface area contributed by atoms with Gasteiger partial charge in [0.2, 0.25) is 0 Å². The Labute approximate surface area is 216 Å². The number of anilines is 1. The molecule has 2 N–H and O–H groups in total. The van der Waals surface area contributed by atoms with Gasteiger partial charge in [0.05, 0.1) is 17.3 Å². The molecule has 0 bridgehead atoms. The number of aromatic nitrogens is 3. The van der Waals surface area contributed by atoms with E-state index in [1.807, 2.05) is 35.5 Å². The summed E-state index contributed by atoms with van der Waals surface area (Å²) in [6.45, 7) is 3.50.